The van der Waals surface area contributed by atoms with Crippen molar-refractivity contribution >= 4 is 21.8 Å². The normalized spacial score (nSPS) is 20.6. The van der Waals surface area contributed by atoms with Gasteiger partial charge in [-0.15, -0.1) is 0 Å². The van der Waals surface area contributed by atoms with Crippen molar-refractivity contribution < 1.29 is 14.3 Å². The van der Waals surface area contributed by atoms with Gasteiger partial charge in [-0.2, -0.15) is 0 Å². The number of alkyl halides is 1. The monoisotopic (exact) mass is 307 g/mol. The predicted octanol–water partition coefficient (Wildman–Crippen LogP) is 1.82. The van der Waals surface area contributed by atoms with E-state index in [0.29, 0.717) is 19.3 Å². The van der Waals surface area contributed by atoms with Crippen LogP contribution in [0.5, 0.6) is 0 Å². The van der Waals surface area contributed by atoms with E-state index in [1.165, 1.54) is 6.42 Å². The van der Waals surface area contributed by atoms with E-state index in [4.69, 9.17) is 9.47 Å². The molecule has 0 spiro atoms. The molecule has 100 valence electrons. The lowest BCUT2D eigenvalue weighted by Gasteiger charge is -2.35. The summed E-state index contributed by atoms with van der Waals surface area (Å²) in [6.45, 7) is 2.09. The summed E-state index contributed by atoms with van der Waals surface area (Å²) in [6, 6.07) is 0.390. The molecule has 1 aliphatic heterocycles. The molecule has 0 aromatic rings. The number of carbonyl (C=O) groups is 1. The summed E-state index contributed by atoms with van der Waals surface area (Å²) in [5.41, 5.74) is 0. The number of rotatable bonds is 7. The smallest absolute Gasteiger partial charge is 0.248 e. The number of ether oxygens (including phenoxy) is 2. The Morgan fingerprint density at radius 3 is 2.94 bits per heavy atom. The van der Waals surface area contributed by atoms with Gasteiger partial charge in [0.1, 0.15) is 6.61 Å². The number of methoxy groups -OCH3 is 1. The summed E-state index contributed by atoms with van der Waals surface area (Å²) < 4.78 is 10.2. The van der Waals surface area contributed by atoms with Crippen LogP contribution in [0.15, 0.2) is 0 Å². The van der Waals surface area contributed by atoms with Gasteiger partial charge in [0.25, 0.3) is 0 Å². The van der Waals surface area contributed by atoms with E-state index in [9.17, 15) is 4.79 Å². The molecule has 5 heteroatoms. The van der Waals surface area contributed by atoms with Gasteiger partial charge < -0.3 is 14.4 Å². The highest BCUT2D eigenvalue weighted by molar-refractivity contribution is 9.09. The third kappa shape index (κ3) is 5.36. The van der Waals surface area contributed by atoms with Crippen LogP contribution < -0.4 is 0 Å². The van der Waals surface area contributed by atoms with Crippen molar-refractivity contribution in [2.75, 3.05) is 38.8 Å². The summed E-state index contributed by atoms with van der Waals surface area (Å²) in [6.07, 6.45) is 4.49. The van der Waals surface area contributed by atoms with Crippen molar-refractivity contribution in [2.45, 2.75) is 31.7 Å². The molecule has 0 aliphatic carbocycles. The van der Waals surface area contributed by atoms with E-state index < -0.39 is 0 Å². The molecule has 0 aromatic heterocycles. The van der Waals surface area contributed by atoms with Gasteiger partial charge in [-0.3, -0.25) is 4.79 Å². The van der Waals surface area contributed by atoms with Gasteiger partial charge in [-0.05, 0) is 25.7 Å². The molecule has 1 atom stereocenters. The van der Waals surface area contributed by atoms with Crippen LogP contribution in [0.2, 0.25) is 0 Å². The van der Waals surface area contributed by atoms with Crippen molar-refractivity contribution in [1.29, 1.82) is 0 Å². The van der Waals surface area contributed by atoms with Crippen LogP contribution in [-0.2, 0) is 14.3 Å². The van der Waals surface area contributed by atoms with E-state index in [2.05, 4.69) is 15.9 Å². The zero-order valence-corrected chi connectivity index (χ0v) is 12.1. The van der Waals surface area contributed by atoms with E-state index in [1.807, 2.05) is 4.90 Å². The van der Waals surface area contributed by atoms with Gasteiger partial charge in [-0.1, -0.05) is 15.9 Å². The van der Waals surface area contributed by atoms with E-state index in [-0.39, 0.29) is 12.5 Å². The summed E-state index contributed by atoms with van der Waals surface area (Å²) in [5, 5.41) is 0.950. The Balaban J connectivity index is 2.31. The first-order valence-corrected chi connectivity index (χ1v) is 7.34. The first kappa shape index (κ1) is 14.9. The minimum atomic E-state index is 0.117. The second-order valence-corrected chi connectivity index (χ2v) is 5.05. The predicted molar refractivity (Wildman–Crippen MR) is 70.5 cm³/mol. The van der Waals surface area contributed by atoms with E-state index in [0.717, 1.165) is 31.1 Å². The number of hydrogen-bond donors (Lipinski definition) is 0. The lowest BCUT2D eigenvalue weighted by atomic mass is 10.00. The third-order valence-electron chi connectivity index (χ3n) is 3.05. The maximum absolute atomic E-state index is 12.0. The number of likely N-dealkylation sites (tertiary alicyclic amines) is 1. The number of carbonyl (C=O) groups excluding carboxylic acids is 1. The third-order valence-corrected chi connectivity index (χ3v) is 3.50. The maximum atomic E-state index is 12.0. The Kier molecular flexibility index (Phi) is 7.81. The molecule has 4 nitrogen and oxygen atoms in total. The molecule has 1 fully saturated rings. The van der Waals surface area contributed by atoms with Crippen LogP contribution in [0.1, 0.15) is 25.7 Å². The number of amides is 1. The van der Waals surface area contributed by atoms with Crippen LogP contribution in [0.4, 0.5) is 0 Å². The van der Waals surface area contributed by atoms with Gasteiger partial charge in [0, 0.05) is 25.0 Å². The molecule has 0 bridgehead atoms. The molecule has 17 heavy (non-hydrogen) atoms. The molecule has 1 rings (SSSR count). The van der Waals surface area contributed by atoms with Gasteiger partial charge >= 0.3 is 0 Å². The summed E-state index contributed by atoms with van der Waals surface area (Å²) in [4.78, 5) is 14.0. The molecular formula is C12H22BrNO3. The van der Waals surface area contributed by atoms with Gasteiger partial charge in [0.15, 0.2) is 0 Å². The quantitative estimate of drug-likeness (QED) is 0.532. The fraction of sp³-hybridized carbons (Fsp3) is 0.917. The molecule has 1 amide bonds. The Hall–Kier alpha value is -0.130. The maximum Gasteiger partial charge on any atom is 0.248 e. The Labute approximate surface area is 112 Å². The zero-order chi connectivity index (χ0) is 12.5. The highest BCUT2D eigenvalue weighted by Crippen LogP contribution is 2.20. The summed E-state index contributed by atoms with van der Waals surface area (Å²) in [7, 11) is 1.63. The molecule has 0 aromatic carbocycles. The number of halogens is 1. The molecule has 1 saturated heterocycles. The Morgan fingerprint density at radius 1 is 1.41 bits per heavy atom. The second kappa shape index (κ2) is 8.89. The van der Waals surface area contributed by atoms with Gasteiger partial charge in [0.2, 0.25) is 5.91 Å². The molecule has 1 heterocycles. The van der Waals surface area contributed by atoms with Crippen molar-refractivity contribution in [3.63, 3.8) is 0 Å². The Bertz CT molecular complexity index is 224. The standard InChI is InChI=1S/C12H22BrNO3/c1-16-8-9-17-10-12(15)14-7-3-2-4-11(14)5-6-13/h11H,2-10H2,1H3. The lowest BCUT2D eigenvalue weighted by molar-refractivity contribution is -0.140. The average molecular weight is 308 g/mol. The molecule has 1 unspecified atom stereocenters. The second-order valence-electron chi connectivity index (χ2n) is 4.26. The van der Waals surface area contributed by atoms with Gasteiger partial charge in [-0.25, -0.2) is 0 Å². The molecular weight excluding hydrogens is 286 g/mol. The number of hydrogen-bond acceptors (Lipinski definition) is 3. The SMILES string of the molecule is COCCOCC(=O)N1CCCCC1CCBr. The highest BCUT2D eigenvalue weighted by atomic mass is 79.9. The minimum absolute atomic E-state index is 0.117. The minimum Gasteiger partial charge on any atom is -0.382 e. The molecule has 0 saturated carbocycles. The Morgan fingerprint density at radius 2 is 2.24 bits per heavy atom. The molecule has 1 aliphatic rings. The van der Waals surface area contributed by atoms with Crippen LogP contribution in [0.3, 0.4) is 0 Å². The number of nitrogens with zero attached hydrogens (tertiary/aromatic N) is 1. The van der Waals surface area contributed by atoms with Crippen molar-refractivity contribution in [3.05, 3.63) is 0 Å². The van der Waals surface area contributed by atoms with Crippen LogP contribution >= 0.6 is 15.9 Å². The van der Waals surface area contributed by atoms with Crippen LogP contribution in [-0.4, -0.2) is 55.7 Å². The first-order valence-electron chi connectivity index (χ1n) is 6.21. The largest absolute Gasteiger partial charge is 0.382 e. The van der Waals surface area contributed by atoms with Gasteiger partial charge in [0.05, 0.1) is 13.2 Å². The lowest BCUT2D eigenvalue weighted by Crippen LogP contribution is -2.45. The molecule has 0 radical (unpaired) electrons. The van der Waals surface area contributed by atoms with Crippen LogP contribution in [0, 0.1) is 0 Å². The van der Waals surface area contributed by atoms with Crippen molar-refractivity contribution in [1.82, 2.24) is 4.90 Å². The average Bonchev–Trinajstić information content (AvgIpc) is 2.35. The number of piperidine rings is 1. The molecule has 0 N–H and O–H groups in total. The van der Waals surface area contributed by atoms with E-state index >= 15 is 0 Å². The van der Waals surface area contributed by atoms with Crippen LogP contribution in [0.25, 0.3) is 0 Å². The van der Waals surface area contributed by atoms with Crippen molar-refractivity contribution in [2.24, 2.45) is 0 Å². The summed E-state index contributed by atoms with van der Waals surface area (Å²) >= 11 is 3.45. The summed E-state index contributed by atoms with van der Waals surface area (Å²) in [5.74, 6) is 0.117. The zero-order valence-electron chi connectivity index (χ0n) is 10.5. The fourth-order valence-electron chi connectivity index (χ4n) is 2.14. The van der Waals surface area contributed by atoms with E-state index in [1.54, 1.807) is 7.11 Å². The topological polar surface area (TPSA) is 38.8 Å². The fourth-order valence-corrected chi connectivity index (χ4v) is 2.67. The first-order chi connectivity index (χ1) is 8.29. The highest BCUT2D eigenvalue weighted by Gasteiger charge is 2.25. The van der Waals surface area contributed by atoms with Crippen molar-refractivity contribution in [3.8, 4) is 0 Å².